The molecule has 23 heavy (non-hydrogen) atoms. The molecule has 0 spiro atoms. The number of alkyl halides is 2. The highest BCUT2D eigenvalue weighted by molar-refractivity contribution is 7.18. The van der Waals surface area contributed by atoms with E-state index in [4.69, 9.17) is 4.74 Å². The summed E-state index contributed by atoms with van der Waals surface area (Å²) in [5.41, 5.74) is 0.460. The van der Waals surface area contributed by atoms with Gasteiger partial charge in [-0.05, 0) is 20.3 Å². The average Bonchev–Trinajstić information content (AvgIpc) is 2.80. The first-order valence-corrected chi connectivity index (χ1v) is 8.04. The average molecular weight is 343 g/mol. The minimum atomic E-state index is -2.67. The highest BCUT2D eigenvalue weighted by atomic mass is 32.1. The van der Waals surface area contributed by atoms with Crippen molar-refractivity contribution in [1.29, 1.82) is 0 Å². The number of hydrogen-bond donors (Lipinski definition) is 0. The maximum absolute atomic E-state index is 13.0. The lowest BCUT2D eigenvalue weighted by Crippen LogP contribution is -2.31. The lowest BCUT2D eigenvalue weighted by atomic mass is 10.1. The minimum Gasteiger partial charge on any atom is -0.462 e. The Morgan fingerprint density at radius 2 is 2.26 bits per heavy atom. The number of anilines is 1. The SMILES string of the molecule is CCOC(=O)c1sc(N2C=NC(CC3CC3(F)F)C2=O)nc1C. The molecule has 1 saturated carbocycles. The molecule has 124 valence electrons. The number of amides is 1. The van der Waals surface area contributed by atoms with Gasteiger partial charge in [0.15, 0.2) is 5.13 Å². The first kappa shape index (κ1) is 16.0. The Balaban J connectivity index is 1.71. The predicted octanol–water partition coefficient (Wildman–Crippen LogP) is 2.42. The van der Waals surface area contributed by atoms with Crippen LogP contribution in [-0.4, -0.2) is 41.8 Å². The van der Waals surface area contributed by atoms with Crippen LogP contribution in [0.5, 0.6) is 0 Å². The Bertz CT molecular complexity index is 689. The van der Waals surface area contributed by atoms with Gasteiger partial charge in [-0.25, -0.2) is 23.5 Å². The Morgan fingerprint density at radius 3 is 2.87 bits per heavy atom. The largest absolute Gasteiger partial charge is 0.462 e. The van der Waals surface area contributed by atoms with Gasteiger partial charge >= 0.3 is 5.97 Å². The van der Waals surface area contributed by atoms with Crippen LogP contribution < -0.4 is 4.90 Å². The molecule has 1 aromatic heterocycles. The fraction of sp³-hybridized carbons (Fsp3) is 0.571. The first-order valence-electron chi connectivity index (χ1n) is 7.22. The molecule has 0 N–H and O–H groups in total. The summed E-state index contributed by atoms with van der Waals surface area (Å²) in [7, 11) is 0. The summed E-state index contributed by atoms with van der Waals surface area (Å²) in [4.78, 5) is 33.8. The molecule has 6 nitrogen and oxygen atoms in total. The second-order valence-electron chi connectivity index (χ2n) is 5.52. The van der Waals surface area contributed by atoms with Crippen LogP contribution in [0.25, 0.3) is 0 Å². The minimum absolute atomic E-state index is 0.0356. The van der Waals surface area contributed by atoms with Crippen LogP contribution in [0.4, 0.5) is 13.9 Å². The van der Waals surface area contributed by atoms with E-state index in [2.05, 4.69) is 9.98 Å². The number of thiazole rings is 1. The Hall–Kier alpha value is -1.90. The number of rotatable bonds is 5. The van der Waals surface area contributed by atoms with Crippen molar-refractivity contribution in [2.24, 2.45) is 10.9 Å². The molecular formula is C14H15F2N3O3S. The van der Waals surface area contributed by atoms with E-state index < -0.39 is 29.8 Å². The molecule has 0 aromatic carbocycles. The van der Waals surface area contributed by atoms with E-state index in [0.717, 1.165) is 11.3 Å². The van der Waals surface area contributed by atoms with Gasteiger partial charge in [0.2, 0.25) is 0 Å². The zero-order chi connectivity index (χ0) is 16.8. The van der Waals surface area contributed by atoms with Crippen molar-refractivity contribution >= 4 is 34.7 Å². The number of ether oxygens (including phenoxy) is 1. The van der Waals surface area contributed by atoms with Crippen LogP contribution in [0.2, 0.25) is 0 Å². The number of carbonyl (C=O) groups is 2. The van der Waals surface area contributed by atoms with E-state index in [1.54, 1.807) is 13.8 Å². The summed E-state index contributed by atoms with van der Waals surface area (Å²) in [5, 5.41) is 0.296. The van der Waals surface area contributed by atoms with Gasteiger partial charge in [-0.3, -0.25) is 9.79 Å². The molecule has 2 aliphatic rings. The number of nitrogens with zero attached hydrogens (tertiary/aromatic N) is 3. The van der Waals surface area contributed by atoms with Crippen LogP contribution in [0.3, 0.4) is 0 Å². The molecule has 1 aliphatic carbocycles. The molecule has 2 heterocycles. The third kappa shape index (κ3) is 2.97. The summed E-state index contributed by atoms with van der Waals surface area (Å²) in [5.74, 6) is -4.33. The van der Waals surface area contributed by atoms with E-state index in [1.165, 1.54) is 11.2 Å². The van der Waals surface area contributed by atoms with Gasteiger partial charge in [0.25, 0.3) is 11.8 Å². The van der Waals surface area contributed by atoms with Gasteiger partial charge in [-0.15, -0.1) is 0 Å². The summed E-state index contributed by atoms with van der Waals surface area (Å²) in [6, 6.07) is -0.802. The monoisotopic (exact) mass is 343 g/mol. The van der Waals surface area contributed by atoms with Gasteiger partial charge in [0.1, 0.15) is 10.9 Å². The Kier molecular flexibility index (Phi) is 3.91. The van der Waals surface area contributed by atoms with Crippen molar-refractivity contribution in [3.63, 3.8) is 0 Å². The molecule has 1 aliphatic heterocycles. The van der Waals surface area contributed by atoms with Crippen molar-refractivity contribution in [3.8, 4) is 0 Å². The van der Waals surface area contributed by atoms with E-state index in [0.29, 0.717) is 15.7 Å². The number of hydrogen-bond acceptors (Lipinski definition) is 6. The molecule has 1 aromatic rings. The van der Waals surface area contributed by atoms with Crippen molar-refractivity contribution in [1.82, 2.24) is 4.98 Å². The summed E-state index contributed by atoms with van der Waals surface area (Å²) >= 11 is 1.02. The summed E-state index contributed by atoms with van der Waals surface area (Å²) in [6.45, 7) is 3.59. The molecule has 9 heteroatoms. The Labute approximate surface area is 135 Å². The van der Waals surface area contributed by atoms with Crippen molar-refractivity contribution < 1.29 is 23.1 Å². The zero-order valence-electron chi connectivity index (χ0n) is 12.6. The van der Waals surface area contributed by atoms with E-state index in [-0.39, 0.29) is 19.4 Å². The number of aliphatic imine (C=N–C) groups is 1. The van der Waals surface area contributed by atoms with Crippen molar-refractivity contribution in [3.05, 3.63) is 10.6 Å². The molecule has 1 amide bonds. The van der Waals surface area contributed by atoms with Crippen LogP contribution in [0, 0.1) is 12.8 Å². The number of aryl methyl sites for hydroxylation is 1. The summed E-state index contributed by atoms with van der Waals surface area (Å²) in [6.07, 6.45) is 1.14. The Morgan fingerprint density at radius 1 is 1.57 bits per heavy atom. The first-order chi connectivity index (χ1) is 10.8. The molecule has 0 saturated heterocycles. The number of halogens is 2. The predicted molar refractivity (Wildman–Crippen MR) is 80.2 cm³/mol. The lowest BCUT2D eigenvalue weighted by molar-refractivity contribution is -0.118. The van der Waals surface area contributed by atoms with E-state index in [1.807, 2.05) is 0 Å². The van der Waals surface area contributed by atoms with Gasteiger partial charge in [0.05, 0.1) is 18.6 Å². The van der Waals surface area contributed by atoms with E-state index >= 15 is 0 Å². The molecule has 2 unspecified atom stereocenters. The normalized spacial score (nSPS) is 25.0. The third-order valence-corrected chi connectivity index (χ3v) is 4.94. The fourth-order valence-corrected chi connectivity index (χ4v) is 3.34. The van der Waals surface area contributed by atoms with Crippen molar-refractivity contribution in [2.75, 3.05) is 11.5 Å². The quantitative estimate of drug-likeness (QED) is 0.770. The topological polar surface area (TPSA) is 71.9 Å². The van der Waals surface area contributed by atoms with Gasteiger partial charge in [0, 0.05) is 12.3 Å². The van der Waals surface area contributed by atoms with Crippen molar-refractivity contribution in [2.45, 2.75) is 38.7 Å². The molecular weight excluding hydrogens is 328 g/mol. The zero-order valence-corrected chi connectivity index (χ0v) is 13.4. The maximum atomic E-state index is 13.0. The van der Waals surface area contributed by atoms with Gasteiger partial charge < -0.3 is 4.74 Å². The molecule has 0 radical (unpaired) electrons. The second kappa shape index (κ2) is 5.63. The fourth-order valence-electron chi connectivity index (χ4n) is 2.40. The smallest absolute Gasteiger partial charge is 0.350 e. The standard InChI is InChI=1S/C14H15F2N3O3S/c1-3-22-12(21)10-7(2)18-13(23-10)19-6-17-9(11(19)20)4-8-5-14(8,15)16/h6,8-9H,3-5H2,1-2H3. The molecule has 0 bridgehead atoms. The lowest BCUT2D eigenvalue weighted by Gasteiger charge is -2.10. The summed E-state index contributed by atoms with van der Waals surface area (Å²) < 4.78 is 30.9. The number of carbonyl (C=O) groups excluding carboxylic acids is 2. The maximum Gasteiger partial charge on any atom is 0.350 e. The highest BCUT2D eigenvalue weighted by Gasteiger charge is 2.58. The number of esters is 1. The molecule has 3 rings (SSSR count). The van der Waals surface area contributed by atoms with Crippen LogP contribution in [-0.2, 0) is 9.53 Å². The second-order valence-corrected chi connectivity index (χ2v) is 6.50. The van der Waals surface area contributed by atoms with Gasteiger partial charge in [-0.2, -0.15) is 0 Å². The highest BCUT2D eigenvalue weighted by Crippen LogP contribution is 2.51. The molecule has 2 atom stereocenters. The third-order valence-electron chi connectivity index (χ3n) is 3.80. The van der Waals surface area contributed by atoms with Crippen LogP contribution in [0.15, 0.2) is 4.99 Å². The molecule has 1 fully saturated rings. The van der Waals surface area contributed by atoms with Crippen LogP contribution >= 0.6 is 11.3 Å². The van der Waals surface area contributed by atoms with Gasteiger partial charge in [-0.1, -0.05) is 11.3 Å². The van der Waals surface area contributed by atoms with Crippen LogP contribution in [0.1, 0.15) is 35.1 Å². The van der Waals surface area contributed by atoms with E-state index in [9.17, 15) is 18.4 Å². The number of aromatic nitrogens is 1.